The molecule has 3 nitrogen and oxygen atoms in total. The Bertz CT molecular complexity index is 721. The average molecular weight is 401 g/mol. The Morgan fingerprint density at radius 1 is 1.07 bits per heavy atom. The molecule has 0 saturated heterocycles. The zero-order valence-corrected chi connectivity index (χ0v) is 19.3. The Labute approximate surface area is 177 Å². The van der Waals surface area contributed by atoms with Crippen LogP contribution in [0.3, 0.4) is 0 Å². The van der Waals surface area contributed by atoms with Gasteiger partial charge in [-0.15, -0.1) is 0 Å². The van der Waals surface area contributed by atoms with E-state index in [-0.39, 0.29) is 29.3 Å². The van der Waals surface area contributed by atoms with Crippen molar-refractivity contribution in [3.8, 4) is 0 Å². The minimum atomic E-state index is -0.195. The Kier molecular flexibility index (Phi) is 5.27. The molecule has 0 amide bonds. The number of ketones is 1. The van der Waals surface area contributed by atoms with E-state index in [1.54, 1.807) is 0 Å². The Morgan fingerprint density at radius 2 is 1.72 bits per heavy atom. The number of allylic oxidation sites excluding steroid dienone is 2. The van der Waals surface area contributed by atoms with Crippen LogP contribution in [-0.2, 0) is 14.3 Å². The van der Waals surface area contributed by atoms with Crippen LogP contribution in [0.25, 0.3) is 0 Å². The van der Waals surface area contributed by atoms with Crippen molar-refractivity contribution in [3.05, 3.63) is 11.6 Å². The van der Waals surface area contributed by atoms with E-state index in [0.717, 1.165) is 30.8 Å². The normalized spacial score (nSPS) is 48.2. The number of Topliss-reactive ketones (excluding diaryl/α,β-unsaturated/α-hetero) is 1. The molecular weight excluding hydrogens is 360 g/mol. The van der Waals surface area contributed by atoms with E-state index < -0.39 is 0 Å². The van der Waals surface area contributed by atoms with E-state index in [1.807, 2.05) is 6.92 Å². The summed E-state index contributed by atoms with van der Waals surface area (Å²) in [6.07, 6.45) is 9.87. The van der Waals surface area contributed by atoms with Crippen LogP contribution in [0.1, 0.15) is 86.5 Å². The van der Waals surface area contributed by atoms with Gasteiger partial charge in [-0.05, 0) is 97.9 Å². The van der Waals surface area contributed by atoms with E-state index in [4.69, 9.17) is 4.74 Å². The van der Waals surface area contributed by atoms with Crippen LogP contribution in [0.2, 0.25) is 0 Å². The highest BCUT2D eigenvalue weighted by Gasteiger charge is 2.64. The van der Waals surface area contributed by atoms with Gasteiger partial charge in [-0.1, -0.05) is 33.8 Å². The van der Waals surface area contributed by atoms with Crippen LogP contribution in [0, 0.1) is 46.3 Å². The first-order valence-corrected chi connectivity index (χ1v) is 12.0. The van der Waals surface area contributed by atoms with Gasteiger partial charge in [0.15, 0.2) is 5.78 Å². The quantitative estimate of drug-likeness (QED) is 0.424. The fraction of sp³-hybridized carbons (Fsp3) is 0.846. The fourth-order valence-electron chi connectivity index (χ4n) is 8.65. The highest BCUT2D eigenvalue weighted by molar-refractivity contribution is 5.99. The van der Waals surface area contributed by atoms with E-state index in [1.165, 1.54) is 32.6 Å². The van der Waals surface area contributed by atoms with E-state index in [0.29, 0.717) is 29.0 Å². The zero-order valence-electron chi connectivity index (χ0n) is 19.3. The van der Waals surface area contributed by atoms with Gasteiger partial charge in [0, 0.05) is 12.8 Å². The minimum absolute atomic E-state index is 0.0319. The molecule has 0 bridgehead atoms. The van der Waals surface area contributed by atoms with Crippen molar-refractivity contribution in [2.24, 2.45) is 46.3 Å². The maximum atomic E-state index is 13.9. The number of fused-ring (bicyclic) bond motifs is 5. The van der Waals surface area contributed by atoms with E-state index >= 15 is 0 Å². The molecule has 8 atom stereocenters. The third-order valence-electron chi connectivity index (χ3n) is 9.90. The number of hydrogen-bond acceptors (Lipinski definition) is 3. The van der Waals surface area contributed by atoms with Crippen molar-refractivity contribution < 1.29 is 14.3 Å². The van der Waals surface area contributed by atoms with Crippen LogP contribution in [-0.4, -0.2) is 17.9 Å². The average Bonchev–Trinajstić information content (AvgIpc) is 3.00. The van der Waals surface area contributed by atoms with Crippen LogP contribution < -0.4 is 0 Å². The largest absolute Gasteiger partial charge is 0.463 e. The molecule has 0 aromatic heterocycles. The standard InChI is InChI=1S/C26H40O3/c1-7-18-22-14-17(29-16(4)27)10-12-26(22,6)21-11-13-25(5)19(15(2)3)8-9-20(25)23(21)24(18)28/h7,15,17,19-23H,8-14H2,1-6H3/b18-7+/t17-,19-,20?,21?,22+,23?,25-,26-/m1/s1. The van der Waals surface area contributed by atoms with Crippen LogP contribution in [0.5, 0.6) is 0 Å². The summed E-state index contributed by atoms with van der Waals surface area (Å²) in [5, 5.41) is 0. The summed E-state index contributed by atoms with van der Waals surface area (Å²) < 4.78 is 5.60. The molecular formula is C26H40O3. The third kappa shape index (κ3) is 3.05. The number of rotatable bonds is 2. The van der Waals surface area contributed by atoms with Crippen molar-refractivity contribution >= 4 is 11.8 Å². The molecule has 4 aliphatic rings. The van der Waals surface area contributed by atoms with Gasteiger partial charge in [-0.2, -0.15) is 0 Å². The van der Waals surface area contributed by atoms with E-state index in [9.17, 15) is 9.59 Å². The number of ether oxygens (including phenoxy) is 1. The highest BCUT2D eigenvalue weighted by Crippen LogP contribution is 2.68. The van der Waals surface area contributed by atoms with Crippen molar-refractivity contribution in [2.45, 2.75) is 92.6 Å². The molecule has 0 spiro atoms. The predicted molar refractivity (Wildman–Crippen MR) is 115 cm³/mol. The Morgan fingerprint density at radius 3 is 2.34 bits per heavy atom. The van der Waals surface area contributed by atoms with Gasteiger partial charge in [0.1, 0.15) is 6.10 Å². The second-order valence-corrected chi connectivity index (χ2v) is 11.4. The van der Waals surface area contributed by atoms with Crippen molar-refractivity contribution in [1.82, 2.24) is 0 Å². The molecule has 3 unspecified atom stereocenters. The lowest BCUT2D eigenvalue weighted by atomic mass is 9.43. The van der Waals surface area contributed by atoms with E-state index in [2.05, 4.69) is 33.8 Å². The van der Waals surface area contributed by atoms with Crippen molar-refractivity contribution in [2.75, 3.05) is 0 Å². The predicted octanol–water partition coefficient (Wildman–Crippen LogP) is 5.97. The first-order chi connectivity index (χ1) is 13.6. The summed E-state index contributed by atoms with van der Waals surface area (Å²) in [5.74, 6) is 3.17. The monoisotopic (exact) mass is 400 g/mol. The second-order valence-electron chi connectivity index (χ2n) is 11.4. The molecule has 3 heteroatoms. The molecule has 4 rings (SSSR count). The maximum absolute atomic E-state index is 13.9. The van der Waals surface area contributed by atoms with Gasteiger partial charge >= 0.3 is 5.97 Å². The number of esters is 1. The number of carbonyl (C=O) groups excluding carboxylic acids is 2. The molecule has 0 aliphatic heterocycles. The summed E-state index contributed by atoms with van der Waals surface area (Å²) in [7, 11) is 0. The first kappa shape index (κ1) is 21.1. The maximum Gasteiger partial charge on any atom is 0.302 e. The summed E-state index contributed by atoms with van der Waals surface area (Å²) in [6, 6.07) is 0. The van der Waals surface area contributed by atoms with Gasteiger partial charge in [-0.25, -0.2) is 0 Å². The molecule has 0 heterocycles. The topological polar surface area (TPSA) is 43.4 Å². The fourth-order valence-corrected chi connectivity index (χ4v) is 8.65. The summed E-state index contributed by atoms with van der Waals surface area (Å²) in [5.41, 5.74) is 1.53. The number of carbonyl (C=O) groups is 2. The zero-order chi connectivity index (χ0) is 21.1. The molecule has 0 aromatic carbocycles. The SMILES string of the molecule is C/C=C1/C(=O)C2C3CC[C@H](C(C)C)[C@@]3(C)CCC2[C@@]2(C)CC[C@@H](OC(C)=O)C[C@@H]12. The van der Waals surface area contributed by atoms with Gasteiger partial charge < -0.3 is 4.74 Å². The molecule has 0 N–H and O–H groups in total. The third-order valence-corrected chi connectivity index (χ3v) is 9.90. The second kappa shape index (κ2) is 7.24. The van der Waals surface area contributed by atoms with Gasteiger partial charge in [0.2, 0.25) is 0 Å². The molecule has 29 heavy (non-hydrogen) atoms. The van der Waals surface area contributed by atoms with Crippen molar-refractivity contribution in [1.29, 1.82) is 0 Å². The lowest BCUT2D eigenvalue weighted by molar-refractivity contribution is -0.160. The smallest absolute Gasteiger partial charge is 0.302 e. The first-order valence-electron chi connectivity index (χ1n) is 12.0. The Balaban J connectivity index is 1.69. The Hall–Kier alpha value is -1.12. The van der Waals surface area contributed by atoms with Gasteiger partial charge in [-0.3, -0.25) is 9.59 Å². The van der Waals surface area contributed by atoms with Gasteiger partial charge in [0.25, 0.3) is 0 Å². The molecule has 4 fully saturated rings. The minimum Gasteiger partial charge on any atom is -0.463 e. The van der Waals surface area contributed by atoms with Crippen LogP contribution >= 0.6 is 0 Å². The number of hydrogen-bond donors (Lipinski definition) is 0. The van der Waals surface area contributed by atoms with Crippen molar-refractivity contribution in [3.63, 3.8) is 0 Å². The molecule has 162 valence electrons. The molecule has 4 aliphatic carbocycles. The highest BCUT2D eigenvalue weighted by atomic mass is 16.5. The lowest BCUT2D eigenvalue weighted by Gasteiger charge is -2.61. The van der Waals surface area contributed by atoms with Crippen LogP contribution in [0.4, 0.5) is 0 Å². The molecule has 0 aromatic rings. The van der Waals surface area contributed by atoms with Gasteiger partial charge in [0.05, 0.1) is 0 Å². The molecule has 0 radical (unpaired) electrons. The lowest BCUT2D eigenvalue weighted by Crippen LogP contribution is -2.58. The molecule has 4 saturated carbocycles. The summed E-state index contributed by atoms with van der Waals surface area (Å²) >= 11 is 0. The van der Waals surface area contributed by atoms with Crippen LogP contribution in [0.15, 0.2) is 11.6 Å². The summed E-state index contributed by atoms with van der Waals surface area (Å²) in [4.78, 5) is 25.4. The summed E-state index contributed by atoms with van der Waals surface area (Å²) in [6.45, 7) is 13.2.